The maximum absolute atomic E-state index is 13.4. The minimum atomic E-state index is -1.31. The van der Waals surface area contributed by atoms with Gasteiger partial charge in [-0.15, -0.1) is 0 Å². The Labute approximate surface area is 208 Å². The van der Waals surface area contributed by atoms with E-state index in [4.69, 9.17) is 9.47 Å². The molecule has 1 aliphatic carbocycles. The highest BCUT2D eigenvalue weighted by Gasteiger charge is 2.68. The van der Waals surface area contributed by atoms with E-state index in [1.54, 1.807) is 39.0 Å². The molecule has 2 heterocycles. The fourth-order valence-corrected chi connectivity index (χ4v) is 5.43. The van der Waals surface area contributed by atoms with Gasteiger partial charge >= 0.3 is 12.2 Å². The number of nitrogens with zero attached hydrogens (tertiary/aromatic N) is 3. The summed E-state index contributed by atoms with van der Waals surface area (Å²) in [4.78, 5) is 38.9. The van der Waals surface area contributed by atoms with Gasteiger partial charge < -0.3 is 14.6 Å². The summed E-state index contributed by atoms with van der Waals surface area (Å²) in [6.07, 6.45) is -1.45. The van der Waals surface area contributed by atoms with Crippen LogP contribution in [0.5, 0.6) is 5.75 Å². The van der Waals surface area contributed by atoms with Crippen molar-refractivity contribution in [2.24, 2.45) is 0 Å². The molecular formula is C24H22IN3O6. The number of fused-ring (bicyclic) bond motifs is 3. The summed E-state index contributed by atoms with van der Waals surface area (Å²) in [5, 5.41) is 14.9. The molecule has 1 aliphatic heterocycles. The Morgan fingerprint density at radius 2 is 1.94 bits per heavy atom. The number of benzene rings is 2. The van der Waals surface area contributed by atoms with E-state index in [-0.39, 0.29) is 5.92 Å². The van der Waals surface area contributed by atoms with E-state index < -0.39 is 29.1 Å². The maximum atomic E-state index is 13.4. The minimum absolute atomic E-state index is 0.251. The highest BCUT2D eigenvalue weighted by Crippen LogP contribution is 2.66. The lowest BCUT2D eigenvalue weighted by molar-refractivity contribution is -0.119. The van der Waals surface area contributed by atoms with E-state index in [9.17, 15) is 19.5 Å². The molecule has 1 aromatic heterocycles. The lowest BCUT2D eigenvalue weighted by Gasteiger charge is -2.19. The van der Waals surface area contributed by atoms with E-state index in [2.05, 4.69) is 27.7 Å². The largest absolute Gasteiger partial charge is 0.497 e. The molecule has 5 rings (SSSR count). The van der Waals surface area contributed by atoms with Crippen LogP contribution in [0.1, 0.15) is 44.2 Å². The standard InChI is InChI=1S/C24H22IN3O6/c1-23(2,3)34-22(32)28-18-9-12(5-7-14(18)19(25)26-28)16-11-24(16)15-10-13(33-4)6-8-17(15)27(20(24)29)21(30)31/h5-10,16H,11H2,1-4H3,(H,30,31)/t16-,24-/m0/s1. The molecule has 0 radical (unpaired) electrons. The molecule has 2 amide bonds. The number of hydrogen-bond donors (Lipinski definition) is 1. The first-order valence-electron chi connectivity index (χ1n) is 10.7. The number of rotatable bonds is 2. The Morgan fingerprint density at radius 1 is 1.21 bits per heavy atom. The van der Waals surface area contributed by atoms with Crippen LogP contribution >= 0.6 is 22.6 Å². The zero-order chi connectivity index (χ0) is 24.6. The Morgan fingerprint density at radius 3 is 2.59 bits per heavy atom. The fraction of sp³-hybridized carbons (Fsp3) is 0.333. The predicted octanol–water partition coefficient (Wildman–Crippen LogP) is 4.88. The molecule has 3 aromatic rings. The van der Waals surface area contributed by atoms with Crippen molar-refractivity contribution in [1.82, 2.24) is 9.78 Å². The third-order valence-electron chi connectivity index (χ3n) is 6.29. The van der Waals surface area contributed by atoms with E-state index >= 15 is 0 Å². The molecule has 176 valence electrons. The normalized spacial score (nSPS) is 21.1. The van der Waals surface area contributed by atoms with Gasteiger partial charge in [0.25, 0.3) is 0 Å². The quantitative estimate of drug-likeness (QED) is 0.434. The van der Waals surface area contributed by atoms with E-state index in [1.165, 1.54) is 11.8 Å². The van der Waals surface area contributed by atoms with Gasteiger partial charge in [0, 0.05) is 11.3 Å². The van der Waals surface area contributed by atoms with Gasteiger partial charge in [0.05, 0.1) is 23.7 Å². The Hall–Kier alpha value is -3.15. The topological polar surface area (TPSA) is 111 Å². The van der Waals surface area contributed by atoms with Gasteiger partial charge in [0.15, 0.2) is 0 Å². The molecule has 34 heavy (non-hydrogen) atoms. The van der Waals surface area contributed by atoms with Crippen molar-refractivity contribution in [2.75, 3.05) is 12.0 Å². The van der Waals surface area contributed by atoms with Crippen molar-refractivity contribution in [2.45, 2.75) is 44.1 Å². The van der Waals surface area contributed by atoms with E-state index in [1.807, 2.05) is 18.2 Å². The van der Waals surface area contributed by atoms with Crippen molar-refractivity contribution in [3.05, 3.63) is 51.2 Å². The summed E-state index contributed by atoms with van der Waals surface area (Å²) in [6, 6.07) is 10.6. The number of methoxy groups -OCH3 is 1. The smallest absolute Gasteiger partial charge is 0.435 e. The number of carboxylic acid groups (broad SMARTS) is 1. The lowest BCUT2D eigenvalue weighted by Crippen LogP contribution is -2.36. The zero-order valence-corrected chi connectivity index (χ0v) is 21.1. The predicted molar refractivity (Wildman–Crippen MR) is 132 cm³/mol. The Bertz CT molecular complexity index is 1390. The summed E-state index contributed by atoms with van der Waals surface area (Å²) in [6.45, 7) is 5.35. The minimum Gasteiger partial charge on any atom is -0.497 e. The van der Waals surface area contributed by atoms with Crippen molar-refractivity contribution < 1.29 is 29.0 Å². The first-order valence-corrected chi connectivity index (χ1v) is 11.7. The van der Waals surface area contributed by atoms with Crippen LogP contribution in [0.25, 0.3) is 10.9 Å². The van der Waals surface area contributed by atoms with Crippen LogP contribution in [-0.4, -0.2) is 45.7 Å². The fourth-order valence-electron chi connectivity index (χ4n) is 4.76. The number of amides is 2. The second-order valence-electron chi connectivity index (χ2n) is 9.49. The van der Waals surface area contributed by atoms with Crippen molar-refractivity contribution >= 4 is 57.3 Å². The summed E-state index contributed by atoms with van der Waals surface area (Å²) < 4.78 is 12.7. The first kappa shape index (κ1) is 22.6. The number of aromatic nitrogens is 2. The molecule has 1 fully saturated rings. The molecule has 0 unspecified atom stereocenters. The molecule has 1 N–H and O–H groups in total. The van der Waals surface area contributed by atoms with Crippen LogP contribution in [0, 0.1) is 3.70 Å². The van der Waals surface area contributed by atoms with E-state index in [0.717, 1.165) is 15.8 Å². The number of imide groups is 1. The summed E-state index contributed by atoms with van der Waals surface area (Å²) in [5.41, 5.74) is 0.723. The average Bonchev–Trinajstić information content (AvgIpc) is 3.36. The molecular weight excluding hydrogens is 553 g/mol. The summed E-state index contributed by atoms with van der Waals surface area (Å²) >= 11 is 2.07. The molecule has 10 heteroatoms. The molecule has 2 aromatic carbocycles. The third kappa shape index (κ3) is 3.26. The van der Waals surface area contributed by atoms with Crippen LogP contribution in [0.15, 0.2) is 36.4 Å². The molecule has 0 bridgehead atoms. The van der Waals surface area contributed by atoms with Gasteiger partial charge in [0.2, 0.25) is 5.91 Å². The van der Waals surface area contributed by atoms with Crippen LogP contribution in [0.4, 0.5) is 15.3 Å². The second kappa shape index (κ2) is 7.42. The maximum Gasteiger partial charge on any atom is 0.435 e. The lowest BCUT2D eigenvalue weighted by atomic mass is 9.91. The molecule has 0 saturated heterocycles. The summed E-state index contributed by atoms with van der Waals surface area (Å²) in [5.74, 6) is -0.167. The molecule has 9 nitrogen and oxygen atoms in total. The van der Waals surface area contributed by atoms with Crippen LogP contribution < -0.4 is 9.64 Å². The molecule has 1 saturated carbocycles. The van der Waals surface area contributed by atoms with Crippen molar-refractivity contribution in [1.29, 1.82) is 0 Å². The molecule has 1 spiro atoms. The van der Waals surface area contributed by atoms with Crippen LogP contribution in [0.3, 0.4) is 0 Å². The van der Waals surface area contributed by atoms with Gasteiger partial charge in [-0.3, -0.25) is 4.79 Å². The van der Waals surface area contributed by atoms with E-state index in [0.29, 0.717) is 32.6 Å². The monoisotopic (exact) mass is 575 g/mol. The van der Waals surface area contributed by atoms with Gasteiger partial charge in [-0.05, 0) is 91.2 Å². The Kier molecular flexibility index (Phi) is 4.94. The zero-order valence-electron chi connectivity index (χ0n) is 19.0. The number of anilines is 1. The van der Waals surface area contributed by atoms with Gasteiger partial charge in [-0.1, -0.05) is 6.07 Å². The van der Waals surface area contributed by atoms with Crippen molar-refractivity contribution in [3.63, 3.8) is 0 Å². The second-order valence-corrected chi connectivity index (χ2v) is 10.5. The number of halogens is 1. The number of carbonyl (C=O) groups is 3. The number of carbonyl (C=O) groups excluding carboxylic acids is 2. The number of ether oxygens (including phenoxy) is 2. The average molecular weight is 575 g/mol. The highest BCUT2D eigenvalue weighted by molar-refractivity contribution is 14.1. The highest BCUT2D eigenvalue weighted by atomic mass is 127. The van der Waals surface area contributed by atoms with Crippen LogP contribution in [-0.2, 0) is 14.9 Å². The third-order valence-corrected chi connectivity index (χ3v) is 7.09. The SMILES string of the molecule is COc1ccc2c(c1)[C@]1(C[C@H]1c1ccc3c(I)nn(C(=O)OC(C)(C)C)c3c1)C(=O)N2C(=O)O. The molecule has 2 aliphatic rings. The summed E-state index contributed by atoms with van der Waals surface area (Å²) in [7, 11) is 1.53. The Balaban J connectivity index is 1.59. The van der Waals surface area contributed by atoms with Gasteiger partial charge in [-0.2, -0.15) is 9.78 Å². The van der Waals surface area contributed by atoms with Crippen LogP contribution in [0.2, 0.25) is 0 Å². The molecule has 2 atom stereocenters. The first-order chi connectivity index (χ1) is 16.0. The van der Waals surface area contributed by atoms with Crippen molar-refractivity contribution in [3.8, 4) is 5.75 Å². The van der Waals surface area contributed by atoms with Gasteiger partial charge in [-0.25, -0.2) is 14.5 Å². The van der Waals surface area contributed by atoms with Gasteiger partial charge in [0.1, 0.15) is 15.1 Å². The number of hydrogen-bond acceptors (Lipinski definition) is 6.